The van der Waals surface area contributed by atoms with Gasteiger partial charge >= 0.3 is 0 Å². The Balaban J connectivity index is 3.50. The summed E-state index contributed by atoms with van der Waals surface area (Å²) >= 11 is 0. The molecule has 0 spiro atoms. The van der Waals surface area contributed by atoms with E-state index < -0.39 is 0 Å². The predicted molar refractivity (Wildman–Crippen MR) is 42.1 cm³/mol. The summed E-state index contributed by atoms with van der Waals surface area (Å²) in [5, 5.41) is 2.62. The van der Waals surface area contributed by atoms with Crippen LogP contribution in [0, 0.1) is 12.5 Å². The molecule has 0 aliphatic carbocycles. The van der Waals surface area contributed by atoms with E-state index >= 15 is 0 Å². The van der Waals surface area contributed by atoms with Crippen LogP contribution in [0.1, 0.15) is 20.8 Å². The molecule has 0 aromatic heterocycles. The maximum absolute atomic E-state index is 10.8. The molecule has 1 amide bonds. The van der Waals surface area contributed by atoms with Gasteiger partial charge in [0, 0.05) is 5.57 Å². The van der Waals surface area contributed by atoms with E-state index in [0.717, 1.165) is 0 Å². The molecule has 0 saturated carbocycles. The fraction of sp³-hybridized carbons (Fsp3) is 0.500. The van der Waals surface area contributed by atoms with Gasteiger partial charge in [-0.15, -0.1) is 0 Å². The molecule has 0 fully saturated rings. The Bertz CT molecular complexity index is 138. The summed E-state index contributed by atoms with van der Waals surface area (Å²) in [4.78, 5) is 10.8. The van der Waals surface area contributed by atoms with E-state index in [9.17, 15) is 4.79 Å². The number of amides is 1. The van der Waals surface area contributed by atoms with E-state index in [0.29, 0.717) is 11.5 Å². The van der Waals surface area contributed by atoms with Crippen LogP contribution >= 0.6 is 0 Å². The first kappa shape index (κ1) is 9.21. The average molecular weight is 140 g/mol. The van der Waals surface area contributed by atoms with Gasteiger partial charge in [-0.2, -0.15) is 0 Å². The lowest BCUT2D eigenvalue weighted by Gasteiger charge is -2.05. The zero-order valence-corrected chi connectivity index (χ0v) is 6.77. The summed E-state index contributed by atoms with van der Waals surface area (Å²) in [5.41, 5.74) is 0.539. The second-order valence-corrected chi connectivity index (χ2v) is 2.66. The van der Waals surface area contributed by atoms with Crippen molar-refractivity contribution in [3.63, 3.8) is 0 Å². The van der Waals surface area contributed by atoms with Gasteiger partial charge in [0.25, 0.3) is 0 Å². The van der Waals surface area contributed by atoms with Crippen LogP contribution in [-0.2, 0) is 4.79 Å². The van der Waals surface area contributed by atoms with Crippen LogP contribution in [-0.4, -0.2) is 5.91 Å². The number of carbonyl (C=O) groups is 1. The molecule has 0 heterocycles. The molecule has 10 heavy (non-hydrogen) atoms. The van der Waals surface area contributed by atoms with Gasteiger partial charge in [-0.05, 0) is 12.8 Å². The fourth-order valence-corrected chi connectivity index (χ4v) is 0.366. The highest BCUT2D eigenvalue weighted by molar-refractivity contribution is 5.92. The average Bonchev–Trinajstić information content (AvgIpc) is 1.82. The molecule has 0 rings (SSSR count). The molecule has 0 aromatic rings. The highest BCUT2D eigenvalue weighted by Gasteiger charge is 2.01. The smallest absolute Gasteiger partial charge is 0.246 e. The Hall–Kier alpha value is -0.790. The van der Waals surface area contributed by atoms with Gasteiger partial charge in [-0.3, -0.25) is 4.79 Å². The van der Waals surface area contributed by atoms with E-state index in [1.54, 1.807) is 13.5 Å². The van der Waals surface area contributed by atoms with Crippen molar-refractivity contribution in [2.45, 2.75) is 20.8 Å². The van der Waals surface area contributed by atoms with Crippen LogP contribution < -0.4 is 5.32 Å². The monoisotopic (exact) mass is 140 g/mol. The molecule has 0 unspecified atom stereocenters. The molecule has 2 heteroatoms. The van der Waals surface area contributed by atoms with Crippen molar-refractivity contribution < 1.29 is 4.79 Å². The number of hydrogen-bond acceptors (Lipinski definition) is 1. The first-order valence-electron chi connectivity index (χ1n) is 3.33. The minimum atomic E-state index is -0.103. The minimum absolute atomic E-state index is 0.103. The van der Waals surface area contributed by atoms with Crippen LogP contribution in [0.3, 0.4) is 0 Å². The molecule has 0 aliphatic heterocycles. The van der Waals surface area contributed by atoms with E-state index in [1.165, 1.54) is 0 Å². The Labute approximate surface area is 62.3 Å². The molecule has 0 aromatic carbocycles. The second kappa shape index (κ2) is 4.09. The number of carbonyl (C=O) groups excluding carboxylic acids is 1. The molecule has 2 nitrogen and oxygen atoms in total. The van der Waals surface area contributed by atoms with Gasteiger partial charge < -0.3 is 5.32 Å². The largest absolute Gasteiger partial charge is 0.347 e. The maximum Gasteiger partial charge on any atom is 0.246 e. The van der Waals surface area contributed by atoms with E-state index in [-0.39, 0.29) is 5.91 Å². The van der Waals surface area contributed by atoms with Crippen molar-refractivity contribution in [3.05, 3.63) is 18.7 Å². The summed E-state index contributed by atoms with van der Waals surface area (Å²) in [7, 11) is 0. The lowest BCUT2D eigenvalue weighted by Crippen LogP contribution is -2.22. The van der Waals surface area contributed by atoms with E-state index in [1.807, 2.05) is 13.8 Å². The highest BCUT2D eigenvalue weighted by atomic mass is 16.1. The molecule has 57 valence electrons. The van der Waals surface area contributed by atoms with E-state index in [2.05, 4.69) is 11.9 Å². The lowest BCUT2D eigenvalue weighted by molar-refractivity contribution is -0.117. The van der Waals surface area contributed by atoms with Gasteiger partial charge in [0.05, 0.1) is 6.54 Å². The summed E-state index contributed by atoms with van der Waals surface area (Å²) < 4.78 is 0. The third kappa shape index (κ3) is 4.13. The maximum atomic E-state index is 10.8. The Morgan fingerprint density at radius 1 is 1.60 bits per heavy atom. The lowest BCUT2D eigenvalue weighted by atomic mass is 10.2. The summed E-state index contributed by atoms with van der Waals surface area (Å²) in [6.07, 6.45) is 0. The zero-order valence-electron chi connectivity index (χ0n) is 6.77. The Kier molecular flexibility index (Phi) is 3.77. The normalized spacial score (nSPS) is 9.60. The number of rotatable bonds is 3. The number of nitrogens with one attached hydrogen (secondary N) is 1. The zero-order chi connectivity index (χ0) is 8.15. The molecule has 0 saturated heterocycles. The van der Waals surface area contributed by atoms with Crippen LogP contribution in [0.15, 0.2) is 12.2 Å². The van der Waals surface area contributed by atoms with Crippen molar-refractivity contribution in [1.82, 2.24) is 5.32 Å². The van der Waals surface area contributed by atoms with Crippen LogP contribution in [0.2, 0.25) is 0 Å². The fourth-order valence-electron chi connectivity index (χ4n) is 0.366. The van der Waals surface area contributed by atoms with Crippen molar-refractivity contribution in [1.29, 1.82) is 0 Å². The minimum Gasteiger partial charge on any atom is -0.347 e. The van der Waals surface area contributed by atoms with Gasteiger partial charge in [0.15, 0.2) is 0 Å². The SMILES string of the molecule is C=C(C)C(=O)N[CH]C(C)C. The summed E-state index contributed by atoms with van der Waals surface area (Å²) in [6.45, 7) is 10.9. The van der Waals surface area contributed by atoms with Crippen LogP contribution in [0.5, 0.6) is 0 Å². The van der Waals surface area contributed by atoms with Crippen molar-refractivity contribution >= 4 is 5.91 Å². The van der Waals surface area contributed by atoms with Crippen molar-refractivity contribution in [2.24, 2.45) is 5.92 Å². The van der Waals surface area contributed by atoms with Gasteiger partial charge in [-0.1, -0.05) is 20.4 Å². The topological polar surface area (TPSA) is 29.1 Å². The third-order valence-electron chi connectivity index (χ3n) is 0.935. The molecular weight excluding hydrogens is 126 g/mol. The second-order valence-electron chi connectivity index (χ2n) is 2.66. The van der Waals surface area contributed by atoms with E-state index in [4.69, 9.17) is 0 Å². The van der Waals surface area contributed by atoms with Gasteiger partial charge in [-0.25, -0.2) is 0 Å². The van der Waals surface area contributed by atoms with Gasteiger partial charge in [0.1, 0.15) is 0 Å². The van der Waals surface area contributed by atoms with Crippen LogP contribution in [0.25, 0.3) is 0 Å². The first-order chi connectivity index (χ1) is 4.54. The van der Waals surface area contributed by atoms with Crippen molar-refractivity contribution in [3.8, 4) is 0 Å². The number of hydrogen-bond donors (Lipinski definition) is 1. The standard InChI is InChI=1S/C8H14NO/c1-6(2)5-9-8(10)7(3)4/h5-6H,3H2,1-2,4H3,(H,9,10). The summed E-state index contributed by atoms with van der Waals surface area (Å²) in [5.74, 6) is 0.275. The Morgan fingerprint density at radius 2 is 2.10 bits per heavy atom. The molecule has 0 bridgehead atoms. The van der Waals surface area contributed by atoms with Crippen LogP contribution in [0.4, 0.5) is 0 Å². The molecule has 1 radical (unpaired) electrons. The first-order valence-corrected chi connectivity index (χ1v) is 3.33. The molecule has 1 N–H and O–H groups in total. The predicted octanol–water partition coefficient (Wildman–Crippen LogP) is 1.50. The molecular formula is C8H14NO. The quantitative estimate of drug-likeness (QED) is 0.591. The third-order valence-corrected chi connectivity index (χ3v) is 0.935. The molecule has 0 atom stereocenters. The summed E-state index contributed by atoms with van der Waals surface area (Å²) in [6, 6.07) is 0. The van der Waals surface area contributed by atoms with Crippen molar-refractivity contribution in [2.75, 3.05) is 0 Å². The highest BCUT2D eigenvalue weighted by Crippen LogP contribution is 1.94. The molecule has 0 aliphatic rings. The van der Waals surface area contributed by atoms with Gasteiger partial charge in [0.2, 0.25) is 5.91 Å². The Morgan fingerprint density at radius 3 is 2.40 bits per heavy atom.